The summed E-state index contributed by atoms with van der Waals surface area (Å²) in [6.45, 7) is 6.32. The van der Waals surface area contributed by atoms with Gasteiger partial charge in [0.25, 0.3) is 0 Å². The average molecular weight is 303 g/mol. The molecule has 1 aromatic rings. The topological polar surface area (TPSA) is 62.3 Å². The van der Waals surface area contributed by atoms with Crippen molar-refractivity contribution in [3.8, 4) is 0 Å². The van der Waals surface area contributed by atoms with E-state index in [0.29, 0.717) is 24.8 Å². The second-order valence-corrected chi connectivity index (χ2v) is 8.29. The first-order chi connectivity index (χ1) is 8.96. The Morgan fingerprint density at radius 2 is 2.21 bits per heavy atom. The van der Waals surface area contributed by atoms with Gasteiger partial charge < -0.3 is 10.2 Å². The van der Waals surface area contributed by atoms with Gasteiger partial charge >= 0.3 is 0 Å². The highest BCUT2D eigenvalue weighted by Gasteiger charge is 2.20. The molecule has 1 N–H and O–H groups in total. The summed E-state index contributed by atoms with van der Waals surface area (Å²) in [5.74, 6) is 0.544. The first-order valence-electron chi connectivity index (χ1n) is 6.59. The van der Waals surface area contributed by atoms with E-state index in [1.165, 1.54) is 0 Å². The molecule has 0 radical (unpaired) electrons. The number of sulfone groups is 1. The van der Waals surface area contributed by atoms with Crippen molar-refractivity contribution in [1.82, 2.24) is 10.3 Å². The molecular weight excluding hydrogens is 282 g/mol. The van der Waals surface area contributed by atoms with Crippen molar-refractivity contribution in [2.24, 2.45) is 0 Å². The molecule has 1 fully saturated rings. The fourth-order valence-electron chi connectivity index (χ4n) is 1.96. The van der Waals surface area contributed by atoms with Crippen LogP contribution in [0.3, 0.4) is 0 Å². The Labute approximate surface area is 119 Å². The van der Waals surface area contributed by atoms with E-state index in [1.54, 1.807) is 11.3 Å². The van der Waals surface area contributed by atoms with E-state index in [2.05, 4.69) is 29.0 Å². The van der Waals surface area contributed by atoms with Crippen molar-refractivity contribution in [1.29, 1.82) is 0 Å². The summed E-state index contributed by atoms with van der Waals surface area (Å²) in [7, 11) is -2.85. The van der Waals surface area contributed by atoms with Gasteiger partial charge in [0.05, 0.1) is 17.2 Å². The first-order valence-corrected chi connectivity index (χ1v) is 9.29. The summed E-state index contributed by atoms with van der Waals surface area (Å²) in [6, 6.07) is 0.438. The van der Waals surface area contributed by atoms with Crippen LogP contribution in [0.1, 0.15) is 26.0 Å². The molecule has 108 valence electrons. The van der Waals surface area contributed by atoms with Gasteiger partial charge in [-0.2, -0.15) is 0 Å². The lowest BCUT2D eigenvalue weighted by Crippen LogP contribution is -2.27. The average Bonchev–Trinajstić information content (AvgIpc) is 2.72. The maximum Gasteiger partial charge on any atom is 0.185 e. The zero-order valence-electron chi connectivity index (χ0n) is 11.4. The molecule has 0 saturated carbocycles. The van der Waals surface area contributed by atoms with E-state index in [0.717, 1.165) is 23.9 Å². The number of hydrogen-bond acceptors (Lipinski definition) is 6. The highest BCUT2D eigenvalue weighted by Crippen LogP contribution is 2.22. The van der Waals surface area contributed by atoms with E-state index in [-0.39, 0.29) is 5.75 Å². The summed E-state index contributed by atoms with van der Waals surface area (Å²) in [4.78, 5) is 6.67. The molecule has 2 rings (SSSR count). The fraction of sp³-hybridized carbons (Fsp3) is 0.750. The molecule has 1 aliphatic rings. The highest BCUT2D eigenvalue weighted by atomic mass is 32.2. The Morgan fingerprint density at radius 1 is 1.42 bits per heavy atom. The quantitative estimate of drug-likeness (QED) is 0.907. The minimum absolute atomic E-state index is 0.242. The van der Waals surface area contributed by atoms with Crippen LogP contribution in [-0.4, -0.2) is 44.0 Å². The first kappa shape index (κ1) is 14.7. The third kappa shape index (κ3) is 4.43. The molecule has 1 aliphatic heterocycles. The van der Waals surface area contributed by atoms with Crippen LogP contribution in [0.15, 0.2) is 5.38 Å². The third-order valence-corrected chi connectivity index (χ3v) is 5.72. The number of aromatic nitrogens is 1. The van der Waals surface area contributed by atoms with Gasteiger partial charge in [-0.05, 0) is 6.42 Å². The van der Waals surface area contributed by atoms with E-state index in [4.69, 9.17) is 0 Å². The minimum atomic E-state index is -2.85. The van der Waals surface area contributed by atoms with E-state index < -0.39 is 9.84 Å². The van der Waals surface area contributed by atoms with Gasteiger partial charge in [0, 0.05) is 31.1 Å². The monoisotopic (exact) mass is 303 g/mol. The molecule has 0 aromatic carbocycles. The van der Waals surface area contributed by atoms with Crippen molar-refractivity contribution in [2.75, 3.05) is 29.5 Å². The number of anilines is 1. The zero-order valence-corrected chi connectivity index (χ0v) is 13.1. The predicted molar refractivity (Wildman–Crippen MR) is 79.6 cm³/mol. The molecule has 0 atom stereocenters. The molecule has 5 nitrogen and oxygen atoms in total. The molecule has 1 aromatic heterocycles. The SMILES string of the molecule is CC(C)NCc1csc(N2CCCS(=O)(=O)CC2)n1. The Bertz CT molecular complexity index is 511. The van der Waals surface area contributed by atoms with E-state index >= 15 is 0 Å². The minimum Gasteiger partial charge on any atom is -0.347 e. The normalized spacial score (nSPS) is 19.6. The second kappa shape index (κ2) is 6.19. The van der Waals surface area contributed by atoms with Gasteiger partial charge in [-0.1, -0.05) is 13.8 Å². The third-order valence-electron chi connectivity index (χ3n) is 3.06. The van der Waals surface area contributed by atoms with Crippen LogP contribution in [0.5, 0.6) is 0 Å². The summed E-state index contributed by atoms with van der Waals surface area (Å²) in [5, 5.41) is 6.32. The van der Waals surface area contributed by atoms with Crippen molar-refractivity contribution in [3.05, 3.63) is 11.1 Å². The zero-order chi connectivity index (χ0) is 13.9. The Kier molecular flexibility index (Phi) is 4.81. The molecule has 0 spiro atoms. The Hall–Kier alpha value is -0.660. The largest absolute Gasteiger partial charge is 0.347 e. The van der Waals surface area contributed by atoms with E-state index in [1.807, 2.05) is 5.38 Å². The summed E-state index contributed by atoms with van der Waals surface area (Å²) < 4.78 is 23.2. The van der Waals surface area contributed by atoms with Gasteiger partial charge in [-0.25, -0.2) is 13.4 Å². The van der Waals surface area contributed by atoms with Crippen LogP contribution >= 0.6 is 11.3 Å². The van der Waals surface area contributed by atoms with Gasteiger partial charge in [-0.3, -0.25) is 0 Å². The van der Waals surface area contributed by atoms with Gasteiger partial charge in [-0.15, -0.1) is 11.3 Å². The van der Waals surface area contributed by atoms with Crippen LogP contribution in [0.25, 0.3) is 0 Å². The van der Waals surface area contributed by atoms with Crippen molar-refractivity contribution in [2.45, 2.75) is 32.9 Å². The lowest BCUT2D eigenvalue weighted by atomic mass is 10.4. The number of rotatable bonds is 4. The highest BCUT2D eigenvalue weighted by molar-refractivity contribution is 7.91. The van der Waals surface area contributed by atoms with Crippen LogP contribution < -0.4 is 10.2 Å². The summed E-state index contributed by atoms with van der Waals surface area (Å²) in [5.41, 5.74) is 1.03. The maximum absolute atomic E-state index is 11.6. The van der Waals surface area contributed by atoms with Crippen LogP contribution in [0.2, 0.25) is 0 Å². The predicted octanol–water partition coefficient (Wildman–Crippen LogP) is 1.27. The Balaban J connectivity index is 1.98. The standard InChI is InChI=1S/C12H21N3O2S2/c1-10(2)13-8-11-9-18-12(14-11)15-4-3-6-19(16,17)7-5-15/h9-10,13H,3-8H2,1-2H3. The Morgan fingerprint density at radius 3 is 2.95 bits per heavy atom. The van der Waals surface area contributed by atoms with Gasteiger partial charge in [0.15, 0.2) is 15.0 Å². The summed E-state index contributed by atoms with van der Waals surface area (Å²) >= 11 is 1.60. The van der Waals surface area contributed by atoms with Crippen LogP contribution in [0.4, 0.5) is 5.13 Å². The van der Waals surface area contributed by atoms with E-state index in [9.17, 15) is 8.42 Å². The molecule has 7 heteroatoms. The number of hydrogen-bond donors (Lipinski definition) is 1. The number of nitrogens with one attached hydrogen (secondary N) is 1. The molecule has 0 amide bonds. The molecule has 0 bridgehead atoms. The van der Waals surface area contributed by atoms with Crippen molar-refractivity contribution in [3.63, 3.8) is 0 Å². The smallest absolute Gasteiger partial charge is 0.185 e. The van der Waals surface area contributed by atoms with Crippen LogP contribution in [-0.2, 0) is 16.4 Å². The maximum atomic E-state index is 11.6. The number of nitrogens with zero attached hydrogens (tertiary/aromatic N) is 2. The lowest BCUT2D eigenvalue weighted by molar-refractivity contribution is 0.582. The molecule has 1 saturated heterocycles. The molecule has 0 aliphatic carbocycles. The van der Waals surface area contributed by atoms with Gasteiger partial charge in [0.2, 0.25) is 0 Å². The molecule has 19 heavy (non-hydrogen) atoms. The summed E-state index contributed by atoms with van der Waals surface area (Å²) in [6.07, 6.45) is 0.696. The molecular formula is C12H21N3O2S2. The molecule has 0 unspecified atom stereocenters. The van der Waals surface area contributed by atoms with Crippen LogP contribution in [0, 0.1) is 0 Å². The second-order valence-electron chi connectivity index (χ2n) is 5.15. The van der Waals surface area contributed by atoms with Crippen molar-refractivity contribution >= 4 is 26.3 Å². The van der Waals surface area contributed by atoms with Crippen molar-refractivity contribution < 1.29 is 8.42 Å². The van der Waals surface area contributed by atoms with Gasteiger partial charge in [0.1, 0.15) is 0 Å². The fourth-order valence-corrected chi connectivity index (χ4v) is 4.11. The number of thiazole rings is 1. The lowest BCUT2D eigenvalue weighted by Gasteiger charge is -2.17. The molecule has 2 heterocycles.